The molecule has 0 aromatic carbocycles. The molecule has 11 nitrogen and oxygen atoms in total. The minimum Gasteiger partial charge on any atom is -0.444 e. The van der Waals surface area contributed by atoms with Crippen LogP contribution in [0.15, 0.2) is 36.8 Å². The van der Waals surface area contributed by atoms with Gasteiger partial charge in [0.25, 0.3) is 0 Å². The number of ether oxygens (including phenoxy) is 1. The molecular weight excluding hydrogens is 491 g/mol. The number of hydrogen-bond acceptors (Lipinski definition) is 9. The van der Waals surface area contributed by atoms with Crippen molar-refractivity contribution in [3.8, 4) is 11.6 Å². The molecule has 38 heavy (non-hydrogen) atoms. The first-order valence-electron chi connectivity index (χ1n) is 12.4. The van der Waals surface area contributed by atoms with Crippen LogP contribution in [0.1, 0.15) is 45.0 Å². The Morgan fingerprint density at radius 2 is 1.82 bits per heavy atom. The van der Waals surface area contributed by atoms with Crippen molar-refractivity contribution in [3.63, 3.8) is 0 Å². The topological polar surface area (TPSA) is 118 Å². The number of carbonyl (C=O) groups is 2. The van der Waals surface area contributed by atoms with Gasteiger partial charge < -0.3 is 14.5 Å². The van der Waals surface area contributed by atoms with Crippen molar-refractivity contribution in [2.75, 3.05) is 36.0 Å². The van der Waals surface area contributed by atoms with Crippen LogP contribution in [-0.4, -0.2) is 73.6 Å². The standard InChI is InChI=1S/C26H29FN8O3/c1-16-18-14-30-24(23-28-7-5-8-29-23)31-19(18)6-9-34(16)21-13-17(12-20(27)32-21)35-11-10-33(15-22(35)36)25(37)38-26(2,3)4/h5,7-8,12-14,16H,6,9-11,15H2,1-4H3. The lowest BCUT2D eigenvalue weighted by molar-refractivity contribution is -0.121. The Morgan fingerprint density at radius 1 is 1.05 bits per heavy atom. The van der Waals surface area contributed by atoms with E-state index in [2.05, 4.69) is 24.9 Å². The molecule has 0 spiro atoms. The van der Waals surface area contributed by atoms with Crippen LogP contribution < -0.4 is 9.80 Å². The van der Waals surface area contributed by atoms with Crippen LogP contribution in [-0.2, 0) is 16.0 Å². The molecule has 12 heteroatoms. The number of aromatic nitrogens is 5. The van der Waals surface area contributed by atoms with Crippen LogP contribution in [0.4, 0.5) is 20.7 Å². The third kappa shape index (κ3) is 5.24. The van der Waals surface area contributed by atoms with E-state index in [0.717, 1.165) is 11.3 Å². The summed E-state index contributed by atoms with van der Waals surface area (Å²) in [6, 6.07) is 4.50. The molecule has 198 valence electrons. The molecule has 5 rings (SSSR count). The van der Waals surface area contributed by atoms with Crippen molar-refractivity contribution in [2.45, 2.75) is 45.8 Å². The predicted octanol–water partition coefficient (Wildman–Crippen LogP) is 3.18. The molecule has 3 aromatic rings. The van der Waals surface area contributed by atoms with Gasteiger partial charge in [-0.2, -0.15) is 4.39 Å². The lowest BCUT2D eigenvalue weighted by Gasteiger charge is -2.37. The normalized spacial score (nSPS) is 17.9. The van der Waals surface area contributed by atoms with Gasteiger partial charge in [0.2, 0.25) is 11.9 Å². The summed E-state index contributed by atoms with van der Waals surface area (Å²) < 4.78 is 20.1. The van der Waals surface area contributed by atoms with Crippen molar-refractivity contribution < 1.29 is 18.7 Å². The maximum Gasteiger partial charge on any atom is 0.410 e. The first-order chi connectivity index (χ1) is 18.1. The van der Waals surface area contributed by atoms with Crippen molar-refractivity contribution >= 4 is 23.5 Å². The van der Waals surface area contributed by atoms with Gasteiger partial charge in [-0.25, -0.2) is 29.7 Å². The zero-order valence-electron chi connectivity index (χ0n) is 21.8. The predicted molar refractivity (Wildman–Crippen MR) is 137 cm³/mol. The molecule has 1 atom stereocenters. The van der Waals surface area contributed by atoms with Crippen molar-refractivity contribution in [3.05, 3.63) is 54.0 Å². The second-order valence-electron chi connectivity index (χ2n) is 10.2. The van der Waals surface area contributed by atoms with Crippen LogP contribution in [0.25, 0.3) is 11.6 Å². The lowest BCUT2D eigenvalue weighted by atomic mass is 9.99. The number of amides is 2. The van der Waals surface area contributed by atoms with Gasteiger partial charge in [0.15, 0.2) is 11.6 Å². The minimum atomic E-state index is -0.689. The zero-order valence-corrected chi connectivity index (χ0v) is 21.8. The summed E-state index contributed by atoms with van der Waals surface area (Å²) in [5.74, 6) is 0.319. The first-order valence-corrected chi connectivity index (χ1v) is 12.4. The number of piperazine rings is 1. The SMILES string of the molecule is CC1c2cnc(-c3ncccn3)nc2CCN1c1cc(N2CCN(C(=O)OC(C)(C)C)CC2=O)cc(F)n1. The Bertz CT molecular complexity index is 1360. The van der Waals surface area contributed by atoms with E-state index in [-0.39, 0.29) is 31.6 Å². The number of fused-ring (bicyclic) bond motifs is 1. The van der Waals surface area contributed by atoms with Gasteiger partial charge in [-0.15, -0.1) is 0 Å². The van der Waals surface area contributed by atoms with Gasteiger partial charge in [-0.1, -0.05) is 0 Å². The van der Waals surface area contributed by atoms with E-state index in [1.807, 2.05) is 11.8 Å². The summed E-state index contributed by atoms with van der Waals surface area (Å²) in [6.07, 6.45) is 5.10. The smallest absolute Gasteiger partial charge is 0.410 e. The highest BCUT2D eigenvalue weighted by Crippen LogP contribution is 2.34. The monoisotopic (exact) mass is 520 g/mol. The number of halogens is 1. The number of nitrogens with zero attached hydrogens (tertiary/aromatic N) is 8. The molecular formula is C26H29FN8O3. The van der Waals surface area contributed by atoms with Crippen molar-refractivity contribution in [1.82, 2.24) is 29.8 Å². The molecule has 5 heterocycles. The van der Waals surface area contributed by atoms with Gasteiger partial charge in [0.05, 0.1) is 17.4 Å². The van der Waals surface area contributed by atoms with Crippen LogP contribution in [0.2, 0.25) is 0 Å². The van der Waals surface area contributed by atoms with E-state index < -0.39 is 17.6 Å². The summed E-state index contributed by atoms with van der Waals surface area (Å²) in [4.78, 5) is 51.8. The summed E-state index contributed by atoms with van der Waals surface area (Å²) in [7, 11) is 0. The van der Waals surface area contributed by atoms with Gasteiger partial charge in [-0.3, -0.25) is 9.69 Å². The van der Waals surface area contributed by atoms with E-state index in [0.29, 0.717) is 36.1 Å². The van der Waals surface area contributed by atoms with Gasteiger partial charge in [0.1, 0.15) is 18.0 Å². The summed E-state index contributed by atoms with van der Waals surface area (Å²) in [5.41, 5.74) is 1.53. The van der Waals surface area contributed by atoms with Crippen LogP contribution >= 0.6 is 0 Å². The van der Waals surface area contributed by atoms with E-state index in [4.69, 9.17) is 4.74 Å². The Morgan fingerprint density at radius 3 is 2.53 bits per heavy atom. The molecule has 0 N–H and O–H groups in total. The molecule has 0 aliphatic carbocycles. The van der Waals surface area contributed by atoms with E-state index in [9.17, 15) is 14.0 Å². The molecule has 2 aliphatic rings. The second-order valence-corrected chi connectivity index (χ2v) is 10.2. The zero-order chi connectivity index (χ0) is 27.0. The molecule has 1 saturated heterocycles. The largest absolute Gasteiger partial charge is 0.444 e. The fourth-order valence-corrected chi connectivity index (χ4v) is 4.60. The quantitative estimate of drug-likeness (QED) is 0.480. The summed E-state index contributed by atoms with van der Waals surface area (Å²) in [6.45, 7) is 8.20. The van der Waals surface area contributed by atoms with Gasteiger partial charge in [-0.05, 0) is 33.8 Å². The average Bonchev–Trinajstić information content (AvgIpc) is 2.87. The third-order valence-electron chi connectivity index (χ3n) is 6.42. The molecule has 0 bridgehead atoms. The maximum atomic E-state index is 14.7. The molecule has 0 saturated carbocycles. The molecule has 0 radical (unpaired) electrons. The molecule has 3 aromatic heterocycles. The van der Waals surface area contributed by atoms with Crippen LogP contribution in [0, 0.1) is 5.95 Å². The number of pyridine rings is 1. The molecule has 1 fully saturated rings. The summed E-state index contributed by atoms with van der Waals surface area (Å²) in [5, 5.41) is 0. The second kappa shape index (κ2) is 9.92. The fraction of sp³-hybridized carbons (Fsp3) is 0.423. The Balaban J connectivity index is 1.34. The first kappa shape index (κ1) is 25.4. The maximum absolute atomic E-state index is 14.7. The lowest BCUT2D eigenvalue weighted by Crippen LogP contribution is -2.53. The van der Waals surface area contributed by atoms with Crippen LogP contribution in [0.3, 0.4) is 0 Å². The number of carbonyl (C=O) groups excluding carboxylic acids is 2. The number of hydrogen-bond donors (Lipinski definition) is 0. The Hall–Kier alpha value is -4.22. The fourth-order valence-electron chi connectivity index (χ4n) is 4.60. The van der Waals surface area contributed by atoms with Crippen LogP contribution in [0.5, 0.6) is 0 Å². The highest BCUT2D eigenvalue weighted by atomic mass is 19.1. The van der Waals surface area contributed by atoms with Crippen molar-refractivity contribution in [2.24, 2.45) is 0 Å². The number of rotatable bonds is 3. The van der Waals surface area contributed by atoms with Gasteiger partial charge in [0, 0.05) is 62.3 Å². The molecule has 1 unspecified atom stereocenters. The molecule has 2 aliphatic heterocycles. The van der Waals surface area contributed by atoms with Crippen molar-refractivity contribution in [1.29, 1.82) is 0 Å². The highest BCUT2D eigenvalue weighted by molar-refractivity contribution is 5.97. The minimum absolute atomic E-state index is 0.146. The Kier molecular flexibility index (Phi) is 6.64. The third-order valence-corrected chi connectivity index (χ3v) is 6.42. The highest BCUT2D eigenvalue weighted by Gasteiger charge is 2.33. The Labute approximate surface area is 219 Å². The van der Waals surface area contributed by atoms with E-state index in [1.165, 1.54) is 15.9 Å². The average molecular weight is 521 g/mol. The van der Waals surface area contributed by atoms with E-state index >= 15 is 0 Å². The summed E-state index contributed by atoms with van der Waals surface area (Å²) >= 11 is 0. The molecule has 2 amide bonds. The number of anilines is 2. The van der Waals surface area contributed by atoms with E-state index in [1.54, 1.807) is 51.5 Å². The van der Waals surface area contributed by atoms with Gasteiger partial charge >= 0.3 is 6.09 Å².